The highest BCUT2D eigenvalue weighted by Crippen LogP contribution is 2.07. The molecule has 0 atom stereocenters. The summed E-state index contributed by atoms with van der Waals surface area (Å²) in [6.45, 7) is 0.850. The number of rotatable bonds is 4. The monoisotopic (exact) mass is 213 g/mol. The average Bonchev–Trinajstić information content (AvgIpc) is 2.31. The Balaban J connectivity index is 2.12. The van der Waals surface area contributed by atoms with E-state index < -0.39 is 0 Å². The number of nitrogens with zero attached hydrogens (tertiary/aromatic N) is 2. The second-order valence-electron chi connectivity index (χ2n) is 3.73. The van der Waals surface area contributed by atoms with Gasteiger partial charge in [0, 0.05) is 37.3 Å². The molecule has 2 aromatic heterocycles. The molecule has 0 radical (unpaired) electrons. The zero-order chi connectivity index (χ0) is 11.2. The Morgan fingerprint density at radius 1 is 1.19 bits per heavy atom. The number of nitrogens with one attached hydrogen (secondary N) is 1. The van der Waals surface area contributed by atoms with Crippen molar-refractivity contribution < 1.29 is 0 Å². The largest absolute Gasteiger partial charge is 0.316 e. The van der Waals surface area contributed by atoms with Crippen LogP contribution in [0.1, 0.15) is 16.8 Å². The minimum absolute atomic E-state index is 0.839. The van der Waals surface area contributed by atoms with Crippen molar-refractivity contribution in [3.8, 4) is 0 Å². The van der Waals surface area contributed by atoms with Crippen molar-refractivity contribution in [1.29, 1.82) is 0 Å². The Bertz CT molecular complexity index is 440. The molecule has 0 aliphatic rings. The van der Waals surface area contributed by atoms with E-state index in [-0.39, 0.29) is 0 Å². The van der Waals surface area contributed by atoms with Crippen molar-refractivity contribution in [2.75, 3.05) is 7.05 Å². The van der Waals surface area contributed by atoms with Crippen LogP contribution in [0, 0.1) is 0 Å². The topological polar surface area (TPSA) is 37.8 Å². The van der Waals surface area contributed by atoms with Crippen LogP contribution in [0.15, 0.2) is 42.9 Å². The molecule has 2 heterocycles. The van der Waals surface area contributed by atoms with Crippen LogP contribution in [0.2, 0.25) is 0 Å². The zero-order valence-corrected chi connectivity index (χ0v) is 9.35. The molecule has 0 bridgehead atoms. The van der Waals surface area contributed by atoms with E-state index in [1.807, 2.05) is 43.8 Å². The summed E-state index contributed by atoms with van der Waals surface area (Å²) in [5.74, 6) is 0. The second-order valence-corrected chi connectivity index (χ2v) is 3.73. The molecule has 2 aromatic rings. The lowest BCUT2D eigenvalue weighted by Crippen LogP contribution is -2.06. The molecule has 3 nitrogen and oxygen atoms in total. The predicted molar refractivity (Wildman–Crippen MR) is 64.0 cm³/mol. The summed E-state index contributed by atoms with van der Waals surface area (Å²) in [6.07, 6.45) is 6.44. The first-order valence-corrected chi connectivity index (χ1v) is 5.36. The summed E-state index contributed by atoms with van der Waals surface area (Å²) in [5, 5.41) is 3.12. The molecule has 3 heteroatoms. The predicted octanol–water partition coefficient (Wildman–Crippen LogP) is 1.79. The van der Waals surface area contributed by atoms with E-state index in [4.69, 9.17) is 0 Å². The maximum absolute atomic E-state index is 4.31. The van der Waals surface area contributed by atoms with Gasteiger partial charge < -0.3 is 5.32 Å². The van der Waals surface area contributed by atoms with Gasteiger partial charge in [0.15, 0.2) is 0 Å². The Morgan fingerprint density at radius 2 is 2.06 bits per heavy atom. The lowest BCUT2D eigenvalue weighted by Gasteiger charge is -2.03. The van der Waals surface area contributed by atoms with Crippen molar-refractivity contribution in [2.24, 2.45) is 0 Å². The van der Waals surface area contributed by atoms with Gasteiger partial charge in [-0.15, -0.1) is 0 Å². The average molecular weight is 213 g/mol. The summed E-state index contributed by atoms with van der Waals surface area (Å²) in [7, 11) is 1.94. The molecule has 0 fully saturated rings. The molecule has 0 spiro atoms. The highest BCUT2D eigenvalue weighted by Gasteiger charge is 1.99. The van der Waals surface area contributed by atoms with Gasteiger partial charge in [0.05, 0.1) is 0 Å². The fourth-order valence-electron chi connectivity index (χ4n) is 1.65. The van der Waals surface area contributed by atoms with Crippen molar-refractivity contribution >= 4 is 0 Å². The third-order valence-corrected chi connectivity index (χ3v) is 2.34. The van der Waals surface area contributed by atoms with Gasteiger partial charge in [-0.3, -0.25) is 9.97 Å². The number of aromatic nitrogens is 2. The van der Waals surface area contributed by atoms with Crippen LogP contribution < -0.4 is 5.32 Å². The summed E-state index contributed by atoms with van der Waals surface area (Å²) in [6, 6.07) is 8.13. The summed E-state index contributed by atoms with van der Waals surface area (Å²) < 4.78 is 0. The second kappa shape index (κ2) is 5.37. The Hall–Kier alpha value is -1.74. The van der Waals surface area contributed by atoms with Gasteiger partial charge in [-0.05, 0) is 30.3 Å². The van der Waals surface area contributed by atoms with Gasteiger partial charge in [0.1, 0.15) is 0 Å². The zero-order valence-electron chi connectivity index (χ0n) is 9.35. The molecular formula is C13H15N3. The number of hydrogen-bond acceptors (Lipinski definition) is 3. The molecule has 82 valence electrons. The minimum Gasteiger partial charge on any atom is -0.316 e. The van der Waals surface area contributed by atoms with Crippen molar-refractivity contribution in [3.05, 3.63) is 59.7 Å². The van der Waals surface area contributed by atoms with Crippen LogP contribution in [0.3, 0.4) is 0 Å². The molecule has 0 amide bonds. The van der Waals surface area contributed by atoms with E-state index >= 15 is 0 Å². The Labute approximate surface area is 95.6 Å². The molecule has 1 N–H and O–H groups in total. The molecule has 0 unspecified atom stereocenters. The highest BCUT2D eigenvalue weighted by molar-refractivity contribution is 5.23. The number of hydrogen-bond donors (Lipinski definition) is 1. The first-order chi connectivity index (χ1) is 7.88. The molecule has 2 rings (SSSR count). The fourth-order valence-corrected chi connectivity index (χ4v) is 1.65. The molecule has 16 heavy (non-hydrogen) atoms. The molecular weight excluding hydrogens is 198 g/mol. The van der Waals surface area contributed by atoms with Crippen LogP contribution >= 0.6 is 0 Å². The first-order valence-electron chi connectivity index (χ1n) is 5.36. The van der Waals surface area contributed by atoms with E-state index in [0.717, 1.165) is 18.7 Å². The highest BCUT2D eigenvalue weighted by atomic mass is 14.8. The molecule has 0 saturated heterocycles. The fraction of sp³-hybridized carbons (Fsp3) is 0.231. The van der Waals surface area contributed by atoms with Crippen molar-refractivity contribution in [2.45, 2.75) is 13.0 Å². The molecule has 0 aliphatic heterocycles. The van der Waals surface area contributed by atoms with E-state index in [2.05, 4.69) is 21.4 Å². The van der Waals surface area contributed by atoms with Gasteiger partial charge in [-0.2, -0.15) is 0 Å². The molecule has 0 saturated carbocycles. The third-order valence-electron chi connectivity index (χ3n) is 2.34. The lowest BCUT2D eigenvalue weighted by atomic mass is 10.1. The lowest BCUT2D eigenvalue weighted by molar-refractivity contribution is 0.810. The standard InChI is InChI=1S/C13H15N3/c1-14-8-12-6-11(9-15-10-12)7-13-4-2-3-5-16-13/h2-6,9-10,14H,7-8H2,1H3. The van der Waals surface area contributed by atoms with Gasteiger partial charge in [-0.25, -0.2) is 0 Å². The van der Waals surface area contributed by atoms with Gasteiger partial charge in [0.2, 0.25) is 0 Å². The van der Waals surface area contributed by atoms with Crippen LogP contribution in [0.4, 0.5) is 0 Å². The van der Waals surface area contributed by atoms with Gasteiger partial charge in [0.25, 0.3) is 0 Å². The van der Waals surface area contributed by atoms with Crippen LogP contribution in [-0.4, -0.2) is 17.0 Å². The van der Waals surface area contributed by atoms with E-state index in [0.29, 0.717) is 0 Å². The summed E-state index contributed by atoms with van der Waals surface area (Å²) >= 11 is 0. The quantitative estimate of drug-likeness (QED) is 0.841. The summed E-state index contributed by atoms with van der Waals surface area (Å²) in [4.78, 5) is 8.54. The Kier molecular flexibility index (Phi) is 3.62. The molecule has 0 aromatic carbocycles. The van der Waals surface area contributed by atoms with Crippen LogP contribution in [-0.2, 0) is 13.0 Å². The van der Waals surface area contributed by atoms with Crippen molar-refractivity contribution in [3.63, 3.8) is 0 Å². The van der Waals surface area contributed by atoms with Crippen LogP contribution in [0.5, 0.6) is 0 Å². The first kappa shape index (κ1) is 10.8. The maximum Gasteiger partial charge on any atom is 0.0447 e. The number of pyridine rings is 2. The van der Waals surface area contributed by atoms with E-state index in [9.17, 15) is 0 Å². The smallest absolute Gasteiger partial charge is 0.0447 e. The summed E-state index contributed by atoms with van der Waals surface area (Å²) in [5.41, 5.74) is 3.48. The maximum atomic E-state index is 4.31. The minimum atomic E-state index is 0.839. The SMILES string of the molecule is CNCc1cncc(Cc2ccccn2)c1. The molecule has 0 aliphatic carbocycles. The third kappa shape index (κ3) is 2.87. The Morgan fingerprint density at radius 3 is 2.81 bits per heavy atom. The normalized spacial score (nSPS) is 10.3. The van der Waals surface area contributed by atoms with Gasteiger partial charge >= 0.3 is 0 Å². The van der Waals surface area contributed by atoms with Crippen LogP contribution in [0.25, 0.3) is 0 Å². The van der Waals surface area contributed by atoms with Gasteiger partial charge in [-0.1, -0.05) is 12.1 Å². The van der Waals surface area contributed by atoms with E-state index in [1.165, 1.54) is 11.1 Å². The van der Waals surface area contributed by atoms with Crippen molar-refractivity contribution in [1.82, 2.24) is 15.3 Å². The van der Waals surface area contributed by atoms with E-state index in [1.54, 1.807) is 0 Å².